The lowest BCUT2D eigenvalue weighted by Crippen LogP contribution is -2.14. The number of aromatic nitrogens is 1. The van der Waals surface area contributed by atoms with Crippen LogP contribution in [0.4, 0.5) is 11.4 Å². The number of nitrogens with zero attached hydrogens (tertiary/aromatic N) is 1. The predicted octanol–water partition coefficient (Wildman–Crippen LogP) is 1.46. The van der Waals surface area contributed by atoms with Gasteiger partial charge in [0.2, 0.25) is 0 Å². The molecule has 88 valence electrons. The van der Waals surface area contributed by atoms with E-state index in [-0.39, 0.29) is 5.03 Å². The molecule has 0 bridgehead atoms. The summed E-state index contributed by atoms with van der Waals surface area (Å²) in [5.74, 6) is 0. The third-order valence-electron chi connectivity index (χ3n) is 2.08. The van der Waals surface area contributed by atoms with Crippen LogP contribution in [0.25, 0.3) is 0 Å². The first kappa shape index (κ1) is 11.4. The molecule has 2 aromatic rings. The van der Waals surface area contributed by atoms with Gasteiger partial charge in [-0.1, -0.05) is 6.07 Å². The fraction of sp³-hybridized carbons (Fsp3) is 0. The van der Waals surface area contributed by atoms with Crippen LogP contribution < -0.4 is 10.5 Å². The molecule has 3 N–H and O–H groups in total. The van der Waals surface area contributed by atoms with Gasteiger partial charge < -0.3 is 5.73 Å². The van der Waals surface area contributed by atoms with Gasteiger partial charge in [0, 0.05) is 17.6 Å². The van der Waals surface area contributed by atoms with Gasteiger partial charge in [0.05, 0.1) is 0 Å². The molecule has 0 fully saturated rings. The number of hydrogen-bond acceptors (Lipinski definition) is 4. The topological polar surface area (TPSA) is 85.1 Å². The maximum atomic E-state index is 11.9. The molecule has 5 nitrogen and oxygen atoms in total. The maximum Gasteiger partial charge on any atom is 0.279 e. The Hall–Kier alpha value is -2.08. The van der Waals surface area contributed by atoms with Crippen LogP contribution in [-0.4, -0.2) is 13.4 Å². The van der Waals surface area contributed by atoms with E-state index < -0.39 is 10.0 Å². The van der Waals surface area contributed by atoms with Crippen LogP contribution in [0.15, 0.2) is 53.7 Å². The van der Waals surface area contributed by atoms with E-state index in [0.717, 1.165) is 0 Å². The van der Waals surface area contributed by atoms with Crippen LogP contribution in [-0.2, 0) is 10.0 Å². The molecule has 0 amide bonds. The smallest absolute Gasteiger partial charge is 0.279 e. The Morgan fingerprint density at radius 3 is 2.35 bits per heavy atom. The van der Waals surface area contributed by atoms with Crippen molar-refractivity contribution < 1.29 is 8.42 Å². The summed E-state index contributed by atoms with van der Waals surface area (Å²) in [6, 6.07) is 11.1. The molecule has 2 rings (SSSR count). The molecule has 0 aliphatic rings. The molecule has 0 unspecified atom stereocenters. The zero-order valence-electron chi connectivity index (χ0n) is 8.87. The van der Waals surface area contributed by atoms with Gasteiger partial charge in [0.1, 0.15) is 0 Å². The minimum atomic E-state index is -3.63. The summed E-state index contributed by atoms with van der Waals surface area (Å²) >= 11 is 0. The quantitative estimate of drug-likeness (QED) is 0.806. The van der Waals surface area contributed by atoms with Crippen molar-refractivity contribution in [2.45, 2.75) is 5.03 Å². The van der Waals surface area contributed by atoms with E-state index >= 15 is 0 Å². The molecule has 0 atom stereocenters. The Labute approximate surface area is 99.4 Å². The zero-order chi connectivity index (χ0) is 12.3. The average Bonchev–Trinajstić information content (AvgIpc) is 2.33. The standard InChI is InChI=1S/C11H11N3O2S/c12-9-4-6-10(7-5-9)14-17(15,16)11-3-1-2-8-13-11/h1-8,14H,12H2. The van der Waals surface area contributed by atoms with Crippen molar-refractivity contribution in [3.8, 4) is 0 Å². The van der Waals surface area contributed by atoms with E-state index in [1.165, 1.54) is 12.3 Å². The lowest BCUT2D eigenvalue weighted by Gasteiger charge is -2.07. The number of nitrogens with two attached hydrogens (primary N) is 1. The molecule has 17 heavy (non-hydrogen) atoms. The van der Waals surface area contributed by atoms with Crippen molar-refractivity contribution in [2.24, 2.45) is 0 Å². The normalized spacial score (nSPS) is 11.1. The monoisotopic (exact) mass is 249 g/mol. The predicted molar refractivity (Wildman–Crippen MR) is 65.9 cm³/mol. The molecule has 1 heterocycles. The van der Waals surface area contributed by atoms with Crippen LogP contribution in [0, 0.1) is 0 Å². The molecule has 0 saturated heterocycles. The van der Waals surface area contributed by atoms with Crippen LogP contribution in [0.5, 0.6) is 0 Å². The minimum absolute atomic E-state index is 0.0168. The number of rotatable bonds is 3. The van der Waals surface area contributed by atoms with E-state index in [2.05, 4.69) is 9.71 Å². The van der Waals surface area contributed by atoms with Crippen LogP contribution >= 0.6 is 0 Å². The molecule has 0 radical (unpaired) electrons. The largest absolute Gasteiger partial charge is 0.399 e. The Morgan fingerprint density at radius 1 is 1.06 bits per heavy atom. The van der Waals surface area contributed by atoms with E-state index in [9.17, 15) is 8.42 Å². The van der Waals surface area contributed by atoms with Gasteiger partial charge in [-0.2, -0.15) is 8.42 Å². The van der Waals surface area contributed by atoms with Gasteiger partial charge >= 0.3 is 0 Å². The SMILES string of the molecule is Nc1ccc(NS(=O)(=O)c2ccccn2)cc1. The highest BCUT2D eigenvalue weighted by molar-refractivity contribution is 7.92. The number of pyridine rings is 1. The summed E-state index contributed by atoms with van der Waals surface area (Å²) in [4.78, 5) is 3.79. The lowest BCUT2D eigenvalue weighted by atomic mass is 10.3. The summed E-state index contributed by atoms with van der Waals surface area (Å²) in [5.41, 5.74) is 6.54. The summed E-state index contributed by atoms with van der Waals surface area (Å²) in [7, 11) is -3.63. The Morgan fingerprint density at radius 2 is 1.76 bits per heavy atom. The third kappa shape index (κ3) is 2.73. The van der Waals surface area contributed by atoms with Crippen molar-refractivity contribution >= 4 is 21.4 Å². The van der Waals surface area contributed by atoms with Gasteiger partial charge in [0.25, 0.3) is 10.0 Å². The molecular weight excluding hydrogens is 238 g/mol. The highest BCUT2D eigenvalue weighted by atomic mass is 32.2. The van der Waals surface area contributed by atoms with Crippen molar-refractivity contribution in [1.29, 1.82) is 0 Å². The maximum absolute atomic E-state index is 11.9. The van der Waals surface area contributed by atoms with Gasteiger partial charge in [0.15, 0.2) is 5.03 Å². The van der Waals surface area contributed by atoms with Gasteiger partial charge in [-0.3, -0.25) is 4.72 Å². The second kappa shape index (κ2) is 4.42. The summed E-state index contributed by atoms with van der Waals surface area (Å²) in [6.07, 6.45) is 1.43. The number of nitrogen functional groups attached to an aromatic ring is 1. The molecule has 0 aliphatic carbocycles. The van der Waals surface area contributed by atoms with Gasteiger partial charge in [-0.05, 0) is 36.4 Å². The van der Waals surface area contributed by atoms with Crippen LogP contribution in [0.3, 0.4) is 0 Å². The minimum Gasteiger partial charge on any atom is -0.399 e. The first-order valence-corrected chi connectivity index (χ1v) is 6.36. The summed E-state index contributed by atoms with van der Waals surface area (Å²) < 4.78 is 26.2. The molecule has 1 aromatic carbocycles. The molecule has 0 saturated carbocycles. The fourth-order valence-corrected chi connectivity index (χ4v) is 2.27. The van der Waals surface area contributed by atoms with E-state index in [1.54, 1.807) is 36.4 Å². The van der Waals surface area contributed by atoms with Gasteiger partial charge in [-0.25, -0.2) is 4.98 Å². The van der Waals surface area contributed by atoms with E-state index in [1.807, 2.05) is 0 Å². The van der Waals surface area contributed by atoms with Crippen molar-refractivity contribution in [3.05, 3.63) is 48.7 Å². The van der Waals surface area contributed by atoms with Crippen LogP contribution in [0.2, 0.25) is 0 Å². The highest BCUT2D eigenvalue weighted by Crippen LogP contribution is 2.15. The molecular formula is C11H11N3O2S. The molecule has 0 aliphatic heterocycles. The summed E-state index contributed by atoms with van der Waals surface area (Å²) in [5, 5.41) is -0.0168. The second-order valence-corrected chi connectivity index (χ2v) is 5.02. The first-order chi connectivity index (χ1) is 8.08. The number of sulfonamides is 1. The highest BCUT2D eigenvalue weighted by Gasteiger charge is 2.14. The lowest BCUT2D eigenvalue weighted by molar-refractivity contribution is 0.597. The van der Waals surface area contributed by atoms with E-state index in [0.29, 0.717) is 11.4 Å². The van der Waals surface area contributed by atoms with Crippen molar-refractivity contribution in [3.63, 3.8) is 0 Å². The van der Waals surface area contributed by atoms with Gasteiger partial charge in [-0.15, -0.1) is 0 Å². The fourth-order valence-electron chi connectivity index (χ4n) is 1.26. The first-order valence-electron chi connectivity index (χ1n) is 4.87. The Kier molecular flexibility index (Phi) is 2.97. The Balaban J connectivity index is 2.27. The summed E-state index contributed by atoms with van der Waals surface area (Å²) in [6.45, 7) is 0. The average molecular weight is 249 g/mol. The third-order valence-corrected chi connectivity index (χ3v) is 3.37. The Bertz CT molecular complexity index is 594. The second-order valence-electron chi connectivity index (χ2n) is 3.40. The number of nitrogens with one attached hydrogen (secondary N) is 1. The van der Waals surface area contributed by atoms with Crippen LogP contribution in [0.1, 0.15) is 0 Å². The molecule has 1 aromatic heterocycles. The van der Waals surface area contributed by atoms with Crippen molar-refractivity contribution in [1.82, 2.24) is 4.98 Å². The number of anilines is 2. The molecule has 6 heteroatoms. The number of benzene rings is 1. The number of hydrogen-bond donors (Lipinski definition) is 2. The molecule has 0 spiro atoms. The van der Waals surface area contributed by atoms with E-state index in [4.69, 9.17) is 5.73 Å². The zero-order valence-corrected chi connectivity index (χ0v) is 9.68. The van der Waals surface area contributed by atoms with Crippen molar-refractivity contribution in [2.75, 3.05) is 10.5 Å².